The van der Waals surface area contributed by atoms with Crippen LogP contribution in [0, 0.1) is 12.8 Å². The molecule has 0 bridgehead atoms. The van der Waals surface area contributed by atoms with Crippen LogP contribution in [0.1, 0.15) is 54.7 Å². The second-order valence-corrected chi connectivity index (χ2v) is 10.7. The first-order valence-corrected chi connectivity index (χ1v) is 13.0. The second-order valence-electron chi connectivity index (χ2n) is 8.81. The van der Waals surface area contributed by atoms with Gasteiger partial charge in [0.1, 0.15) is 16.4 Å². The van der Waals surface area contributed by atoms with Gasteiger partial charge in [-0.1, -0.05) is 18.9 Å². The molecule has 33 heavy (non-hydrogen) atoms. The van der Waals surface area contributed by atoms with E-state index in [9.17, 15) is 18.0 Å². The Balaban J connectivity index is 1.43. The van der Waals surface area contributed by atoms with Crippen molar-refractivity contribution in [2.24, 2.45) is 5.92 Å². The number of H-pyrrole nitrogens is 1. The molecule has 0 unspecified atom stereocenters. The van der Waals surface area contributed by atoms with Gasteiger partial charge >= 0.3 is 0 Å². The topological polar surface area (TPSA) is 115 Å². The molecule has 2 fully saturated rings. The number of aromatic nitrogens is 2. The lowest BCUT2D eigenvalue weighted by atomic mass is 9.99. The fraction of sp³-hybridized carbons (Fsp3) is 0.522. The van der Waals surface area contributed by atoms with Gasteiger partial charge < -0.3 is 15.2 Å². The van der Waals surface area contributed by atoms with Crippen LogP contribution in [0.15, 0.2) is 35.4 Å². The monoisotopic (exact) mass is 473 g/mol. The van der Waals surface area contributed by atoms with E-state index in [4.69, 9.17) is 0 Å². The lowest BCUT2D eigenvalue weighted by Gasteiger charge is -2.30. The number of rotatable bonds is 5. The Morgan fingerprint density at radius 2 is 1.85 bits per heavy atom. The fourth-order valence-corrected chi connectivity index (χ4v) is 5.97. The van der Waals surface area contributed by atoms with Gasteiger partial charge in [0, 0.05) is 38.1 Å². The number of nitrogens with one attached hydrogen (secondary N) is 2. The van der Waals surface area contributed by atoms with Crippen molar-refractivity contribution >= 4 is 27.7 Å². The van der Waals surface area contributed by atoms with E-state index in [1.165, 1.54) is 16.6 Å². The summed E-state index contributed by atoms with van der Waals surface area (Å²) in [7, 11) is -3.82. The van der Waals surface area contributed by atoms with Crippen LogP contribution in [-0.4, -0.2) is 65.6 Å². The Hall–Kier alpha value is -2.72. The van der Waals surface area contributed by atoms with E-state index in [2.05, 4.69) is 15.3 Å². The normalized spacial score (nSPS) is 20.3. The zero-order valence-electron chi connectivity index (χ0n) is 18.9. The minimum Gasteiger partial charge on any atom is -0.356 e. The summed E-state index contributed by atoms with van der Waals surface area (Å²) in [5, 5.41) is 2.80. The number of piperidine rings is 1. The summed E-state index contributed by atoms with van der Waals surface area (Å²) in [6, 6.07) is 6.78. The third-order valence-electron chi connectivity index (χ3n) is 6.31. The maximum atomic E-state index is 13.3. The van der Waals surface area contributed by atoms with Crippen LogP contribution in [0.3, 0.4) is 0 Å². The summed E-state index contributed by atoms with van der Waals surface area (Å²) in [6.45, 7) is 3.67. The molecular weight excluding hydrogens is 442 g/mol. The number of hydrogen-bond donors (Lipinski definition) is 2. The van der Waals surface area contributed by atoms with E-state index < -0.39 is 15.9 Å². The Bertz CT molecular complexity index is 1110. The first kappa shape index (κ1) is 23.4. The van der Waals surface area contributed by atoms with Gasteiger partial charge in [0.25, 0.3) is 5.91 Å². The second kappa shape index (κ2) is 10.0. The van der Waals surface area contributed by atoms with Crippen LogP contribution in [0.2, 0.25) is 0 Å². The lowest BCUT2D eigenvalue weighted by molar-refractivity contribution is -0.120. The van der Waals surface area contributed by atoms with Crippen LogP contribution in [0.4, 0.5) is 5.82 Å². The van der Waals surface area contributed by atoms with Crippen LogP contribution in [0.25, 0.3) is 0 Å². The number of sulfonamides is 1. The molecular formula is C23H31N5O4S. The van der Waals surface area contributed by atoms with E-state index in [-0.39, 0.29) is 28.9 Å². The van der Waals surface area contributed by atoms with E-state index in [1.54, 1.807) is 11.0 Å². The molecule has 0 saturated carbocycles. The zero-order valence-corrected chi connectivity index (χ0v) is 19.7. The smallest absolute Gasteiger partial charge is 0.270 e. The van der Waals surface area contributed by atoms with Gasteiger partial charge in [-0.05, 0) is 50.8 Å². The maximum Gasteiger partial charge on any atom is 0.270 e. The number of aryl methyl sites for hydroxylation is 1. The van der Waals surface area contributed by atoms with Crippen LogP contribution < -0.4 is 5.32 Å². The highest BCUT2D eigenvalue weighted by Gasteiger charge is 2.34. The van der Waals surface area contributed by atoms with Crippen molar-refractivity contribution in [3.05, 3.63) is 41.9 Å². The van der Waals surface area contributed by atoms with E-state index in [0.717, 1.165) is 31.4 Å². The van der Waals surface area contributed by atoms with Gasteiger partial charge in [-0.25, -0.2) is 13.4 Å². The number of nitrogens with zero attached hydrogens (tertiary/aromatic N) is 3. The molecule has 0 aromatic carbocycles. The Kier molecular flexibility index (Phi) is 7.14. The van der Waals surface area contributed by atoms with Crippen molar-refractivity contribution < 1.29 is 18.0 Å². The molecule has 4 rings (SSSR count). The highest BCUT2D eigenvalue weighted by molar-refractivity contribution is 7.89. The molecule has 9 nitrogen and oxygen atoms in total. The summed E-state index contributed by atoms with van der Waals surface area (Å²) >= 11 is 0. The Morgan fingerprint density at radius 3 is 2.58 bits per heavy atom. The summed E-state index contributed by atoms with van der Waals surface area (Å²) in [5.74, 6) is -0.408. The zero-order chi connectivity index (χ0) is 23.4. The molecule has 2 aromatic heterocycles. The third kappa shape index (κ3) is 5.44. The maximum absolute atomic E-state index is 13.3. The molecule has 2 N–H and O–H groups in total. The van der Waals surface area contributed by atoms with Gasteiger partial charge in [0.05, 0.1) is 5.92 Å². The number of carbonyl (C=O) groups is 2. The molecule has 2 aromatic rings. The van der Waals surface area contributed by atoms with Crippen LogP contribution in [0.5, 0.6) is 0 Å². The minimum absolute atomic E-state index is 0.0575. The third-order valence-corrected chi connectivity index (χ3v) is 8.16. The quantitative estimate of drug-likeness (QED) is 0.693. The van der Waals surface area contributed by atoms with Crippen molar-refractivity contribution in [1.29, 1.82) is 0 Å². The van der Waals surface area contributed by atoms with Gasteiger partial charge in [0.2, 0.25) is 15.9 Å². The number of carbonyl (C=O) groups excluding carboxylic acids is 2. The molecule has 10 heteroatoms. The molecule has 0 spiro atoms. The Labute approximate surface area is 194 Å². The summed E-state index contributed by atoms with van der Waals surface area (Å²) in [6.07, 6.45) is 6.72. The average molecular weight is 474 g/mol. The Morgan fingerprint density at radius 1 is 1.09 bits per heavy atom. The molecule has 0 aliphatic carbocycles. The van der Waals surface area contributed by atoms with Gasteiger partial charge in [0.15, 0.2) is 0 Å². The van der Waals surface area contributed by atoms with Crippen molar-refractivity contribution in [1.82, 2.24) is 19.2 Å². The molecule has 2 saturated heterocycles. The van der Waals surface area contributed by atoms with Crippen molar-refractivity contribution in [3.8, 4) is 0 Å². The SMILES string of the molecule is Cc1cccc(NC(=O)[C@@H]2CCCN(S(=O)(=O)c3c[nH]c(C(=O)N4CCCCCC4)c3)C2)n1. The molecule has 1 atom stereocenters. The first-order chi connectivity index (χ1) is 15.8. The minimum atomic E-state index is -3.82. The molecule has 2 amide bonds. The van der Waals surface area contributed by atoms with Crippen LogP contribution >= 0.6 is 0 Å². The number of hydrogen-bond acceptors (Lipinski definition) is 5. The molecule has 4 heterocycles. The van der Waals surface area contributed by atoms with Gasteiger partial charge in [-0.2, -0.15) is 4.31 Å². The summed E-state index contributed by atoms with van der Waals surface area (Å²) < 4.78 is 27.9. The fourth-order valence-electron chi connectivity index (χ4n) is 4.46. The number of pyridine rings is 1. The predicted octanol–water partition coefficient (Wildman–Crippen LogP) is 2.77. The van der Waals surface area contributed by atoms with Crippen LogP contribution in [-0.2, 0) is 14.8 Å². The van der Waals surface area contributed by atoms with E-state index in [1.807, 2.05) is 19.1 Å². The average Bonchev–Trinajstić information content (AvgIpc) is 3.16. The summed E-state index contributed by atoms with van der Waals surface area (Å²) in [5.41, 5.74) is 1.07. The van der Waals surface area contributed by atoms with Crippen molar-refractivity contribution in [2.45, 2.75) is 50.3 Å². The van der Waals surface area contributed by atoms with Gasteiger partial charge in [-0.15, -0.1) is 0 Å². The first-order valence-electron chi connectivity index (χ1n) is 11.6. The molecule has 2 aliphatic rings. The standard InChI is InChI=1S/C23H31N5O4S/c1-17-8-6-10-21(25-17)26-22(29)18-9-7-13-28(16-18)33(31,32)19-14-20(24-15-19)23(30)27-11-4-2-3-5-12-27/h6,8,10,14-15,18,24H,2-5,7,9,11-13,16H2,1H3,(H,25,26,29)/t18-/m1/s1. The van der Waals surface area contributed by atoms with Crippen molar-refractivity contribution in [3.63, 3.8) is 0 Å². The number of anilines is 1. The summed E-state index contributed by atoms with van der Waals surface area (Å²) in [4.78, 5) is 34.6. The predicted molar refractivity (Wildman–Crippen MR) is 124 cm³/mol. The molecule has 178 valence electrons. The van der Waals surface area contributed by atoms with Gasteiger partial charge in [-0.3, -0.25) is 9.59 Å². The lowest BCUT2D eigenvalue weighted by Crippen LogP contribution is -2.43. The van der Waals surface area contributed by atoms with E-state index >= 15 is 0 Å². The highest BCUT2D eigenvalue weighted by atomic mass is 32.2. The number of aromatic amines is 1. The number of amides is 2. The largest absolute Gasteiger partial charge is 0.356 e. The molecule has 0 radical (unpaired) electrons. The van der Waals surface area contributed by atoms with E-state index in [0.29, 0.717) is 38.3 Å². The number of likely N-dealkylation sites (tertiary alicyclic amines) is 1. The van der Waals surface area contributed by atoms with Crippen molar-refractivity contribution in [2.75, 3.05) is 31.5 Å². The highest BCUT2D eigenvalue weighted by Crippen LogP contribution is 2.26. The molecule has 2 aliphatic heterocycles.